The molecule has 2 N–H and O–H groups in total. The molecule has 0 aliphatic heterocycles. The van der Waals surface area contributed by atoms with Gasteiger partial charge in [-0.2, -0.15) is 0 Å². The van der Waals surface area contributed by atoms with Crippen molar-refractivity contribution in [2.45, 2.75) is 51.7 Å². The maximum atomic E-state index is 5.36. The number of hydrogen-bond acceptors (Lipinski definition) is 2. The van der Waals surface area contributed by atoms with E-state index < -0.39 is 16.4 Å². The van der Waals surface area contributed by atoms with E-state index in [0.717, 1.165) is 6.54 Å². The van der Waals surface area contributed by atoms with Gasteiger partial charge in [0.2, 0.25) is 0 Å². The summed E-state index contributed by atoms with van der Waals surface area (Å²) in [4.78, 5) is 0. The Labute approximate surface area is 92.4 Å². The van der Waals surface area contributed by atoms with E-state index in [0.29, 0.717) is 0 Å². The van der Waals surface area contributed by atoms with Gasteiger partial charge < -0.3 is 10.2 Å². The first-order chi connectivity index (χ1) is 6.12. The van der Waals surface area contributed by atoms with Gasteiger partial charge in [-0.1, -0.05) is 25.7 Å². The first-order valence-corrected chi connectivity index (χ1v) is 12.5. The molecule has 0 radical (unpaired) electrons. The first kappa shape index (κ1) is 16.8. The summed E-state index contributed by atoms with van der Waals surface area (Å²) in [6, 6.07) is 1.38. The predicted octanol–water partition coefficient (Wildman–Crippen LogP) is 3.14. The monoisotopic (exact) mass is 235 g/mol. The quantitative estimate of drug-likeness (QED) is 0.760. The minimum atomic E-state index is -1.13. The van der Waals surface area contributed by atoms with Crippen LogP contribution >= 0.6 is 0 Å². The van der Waals surface area contributed by atoms with Gasteiger partial charge in [-0.05, 0) is 32.6 Å². The molecular formula is C10H29NOSi2. The predicted molar refractivity (Wildman–Crippen MR) is 72.2 cm³/mol. The van der Waals surface area contributed by atoms with E-state index in [9.17, 15) is 0 Å². The average molecular weight is 236 g/mol. The Kier molecular flexibility index (Phi) is 9.13. The van der Waals surface area contributed by atoms with Gasteiger partial charge in [-0.25, -0.2) is 0 Å². The fraction of sp³-hybridized carbons (Fsp3) is 1.00. The van der Waals surface area contributed by atoms with Crippen LogP contribution < -0.4 is 5.73 Å². The van der Waals surface area contributed by atoms with Gasteiger partial charge in [0.1, 0.15) is 0 Å². The molecule has 0 aromatic carbocycles. The smallest absolute Gasteiger partial charge is 0.183 e. The largest absolute Gasteiger partial charge is 0.421 e. The van der Waals surface area contributed by atoms with Gasteiger partial charge in [-0.15, -0.1) is 0 Å². The second kappa shape index (κ2) is 7.62. The molecule has 4 heteroatoms. The lowest BCUT2D eigenvalue weighted by atomic mass is 10.5. The molecule has 0 aromatic rings. The average Bonchev–Trinajstić information content (AvgIpc) is 1.99. The molecule has 0 unspecified atom stereocenters. The van der Waals surface area contributed by atoms with E-state index in [4.69, 9.17) is 10.2 Å². The minimum absolute atomic E-state index is 0.758. The summed E-state index contributed by atoms with van der Waals surface area (Å²) >= 11 is 0. The Bertz CT molecular complexity index is 127. The molecule has 0 atom stereocenters. The van der Waals surface area contributed by atoms with Crippen molar-refractivity contribution < 1.29 is 4.43 Å². The van der Waals surface area contributed by atoms with Gasteiger partial charge in [0, 0.05) is 15.2 Å². The van der Waals surface area contributed by atoms with Crippen LogP contribution in [0.1, 0.15) is 6.42 Å². The van der Waals surface area contributed by atoms with Crippen LogP contribution in [0.4, 0.5) is 0 Å². The highest BCUT2D eigenvalue weighted by Crippen LogP contribution is 2.09. The molecule has 0 aliphatic rings. The van der Waals surface area contributed by atoms with Gasteiger partial charge in [-0.3, -0.25) is 0 Å². The van der Waals surface area contributed by atoms with Crippen LogP contribution in [0.3, 0.4) is 0 Å². The third kappa shape index (κ3) is 22.8. The van der Waals surface area contributed by atoms with Crippen molar-refractivity contribution in [2.24, 2.45) is 5.73 Å². The lowest BCUT2D eigenvalue weighted by Gasteiger charge is -2.13. The summed E-state index contributed by atoms with van der Waals surface area (Å²) in [7, 11) is -0.119. The van der Waals surface area contributed by atoms with E-state index in [1.807, 2.05) is 0 Å². The van der Waals surface area contributed by atoms with E-state index in [-0.39, 0.29) is 0 Å². The van der Waals surface area contributed by atoms with Gasteiger partial charge in [0.05, 0.1) is 0 Å². The Balaban J connectivity index is 0. The van der Waals surface area contributed by atoms with Crippen LogP contribution in [-0.4, -0.2) is 30.0 Å². The van der Waals surface area contributed by atoms with Crippen molar-refractivity contribution in [2.75, 3.05) is 13.7 Å². The maximum absolute atomic E-state index is 5.36. The highest BCUT2D eigenvalue weighted by Gasteiger charge is 2.10. The zero-order valence-electron chi connectivity index (χ0n) is 11.1. The molecule has 88 valence electrons. The van der Waals surface area contributed by atoms with E-state index in [1.165, 1.54) is 12.5 Å². The minimum Gasteiger partial charge on any atom is -0.421 e. The van der Waals surface area contributed by atoms with Crippen LogP contribution in [-0.2, 0) is 4.43 Å². The summed E-state index contributed by atoms with van der Waals surface area (Å²) < 4.78 is 5.08. The van der Waals surface area contributed by atoms with Crippen molar-refractivity contribution in [3.05, 3.63) is 0 Å². The molecule has 0 rings (SSSR count). The van der Waals surface area contributed by atoms with Crippen molar-refractivity contribution in [3.63, 3.8) is 0 Å². The van der Waals surface area contributed by atoms with E-state index in [1.54, 1.807) is 7.11 Å². The third-order valence-electron chi connectivity index (χ3n) is 1.74. The van der Waals surface area contributed by atoms with Crippen LogP contribution in [0.5, 0.6) is 0 Å². The van der Waals surface area contributed by atoms with Crippen LogP contribution in [0.15, 0.2) is 0 Å². The molecule has 0 amide bonds. The summed E-state index contributed by atoms with van der Waals surface area (Å²) in [6.07, 6.45) is 1.22. The van der Waals surface area contributed by atoms with Crippen molar-refractivity contribution in [3.8, 4) is 0 Å². The Morgan fingerprint density at radius 1 is 1.00 bits per heavy atom. The molecule has 0 saturated carbocycles. The van der Waals surface area contributed by atoms with Gasteiger partial charge >= 0.3 is 0 Å². The number of nitrogens with two attached hydrogens (primary N) is 1. The van der Waals surface area contributed by atoms with Gasteiger partial charge in [0.15, 0.2) is 8.32 Å². The standard InChI is InChI=1S/C6H17NSi.C4H12OSi/c1-8(2,3)6-4-5-7;1-5-6(2,3)4/h4-7H2,1-3H3;1-4H3. The Morgan fingerprint density at radius 2 is 1.36 bits per heavy atom. The fourth-order valence-electron chi connectivity index (χ4n) is 0.632. The fourth-order valence-corrected chi connectivity index (χ4v) is 1.90. The molecule has 0 heterocycles. The second-order valence-electron chi connectivity index (χ2n) is 5.77. The zero-order chi connectivity index (χ0) is 11.8. The molecule has 14 heavy (non-hydrogen) atoms. The first-order valence-electron chi connectivity index (χ1n) is 5.37. The highest BCUT2D eigenvalue weighted by atomic mass is 28.4. The van der Waals surface area contributed by atoms with E-state index in [2.05, 4.69) is 39.3 Å². The summed E-state index contributed by atoms with van der Waals surface area (Å²) in [6.45, 7) is 14.5. The number of hydrogen-bond donors (Lipinski definition) is 1. The lowest BCUT2D eigenvalue weighted by molar-refractivity contribution is 0.411. The molecule has 0 spiro atoms. The lowest BCUT2D eigenvalue weighted by Crippen LogP contribution is -2.22. The SMILES string of the molecule is CO[Si](C)(C)C.C[Si](C)(C)CCCN. The van der Waals surface area contributed by atoms with Crippen molar-refractivity contribution in [1.82, 2.24) is 0 Å². The summed E-state index contributed by atoms with van der Waals surface area (Å²) in [5.74, 6) is 0. The molecule has 0 bridgehead atoms. The summed E-state index contributed by atoms with van der Waals surface area (Å²) in [5.41, 5.74) is 5.36. The van der Waals surface area contributed by atoms with Crippen molar-refractivity contribution >= 4 is 16.4 Å². The topological polar surface area (TPSA) is 35.2 Å². The van der Waals surface area contributed by atoms with E-state index >= 15 is 0 Å². The molecular weight excluding hydrogens is 206 g/mol. The Morgan fingerprint density at radius 3 is 1.43 bits per heavy atom. The van der Waals surface area contributed by atoms with Gasteiger partial charge in [0.25, 0.3) is 0 Å². The highest BCUT2D eigenvalue weighted by molar-refractivity contribution is 6.76. The maximum Gasteiger partial charge on any atom is 0.183 e. The van der Waals surface area contributed by atoms with Crippen LogP contribution in [0.2, 0.25) is 45.3 Å². The van der Waals surface area contributed by atoms with Crippen molar-refractivity contribution in [1.29, 1.82) is 0 Å². The van der Waals surface area contributed by atoms with Crippen LogP contribution in [0.25, 0.3) is 0 Å². The molecule has 0 saturated heterocycles. The molecule has 0 aliphatic carbocycles. The third-order valence-corrected chi connectivity index (χ3v) is 4.82. The second-order valence-corrected chi connectivity index (χ2v) is 16.0. The zero-order valence-corrected chi connectivity index (χ0v) is 13.1. The molecule has 0 fully saturated rings. The number of rotatable bonds is 4. The molecule has 2 nitrogen and oxygen atoms in total. The summed E-state index contributed by atoms with van der Waals surface area (Å²) in [5, 5.41) is 0. The van der Waals surface area contributed by atoms with Crippen LogP contribution in [0, 0.1) is 0 Å². The normalized spacial score (nSPS) is 12.0. The Hall–Kier alpha value is 0.354. The molecule has 0 aromatic heterocycles.